The molecule has 1 N–H and O–H groups in total. The van der Waals surface area contributed by atoms with Gasteiger partial charge < -0.3 is 9.88 Å². The van der Waals surface area contributed by atoms with E-state index in [1.807, 2.05) is 18.3 Å². The van der Waals surface area contributed by atoms with Gasteiger partial charge in [0, 0.05) is 29.0 Å². The lowest BCUT2D eigenvalue weighted by Crippen LogP contribution is -2.20. The zero-order valence-corrected chi connectivity index (χ0v) is 12.7. The Hall–Kier alpha value is -1.13. The highest BCUT2D eigenvalue weighted by Crippen LogP contribution is 2.19. The van der Waals surface area contributed by atoms with Gasteiger partial charge in [-0.3, -0.25) is 0 Å². The smallest absolute Gasteiger partial charge is 0.124 e. The van der Waals surface area contributed by atoms with Crippen LogP contribution in [0.5, 0.6) is 0 Å². The third kappa shape index (κ3) is 3.67. The maximum atomic E-state index is 13.4. The van der Waals surface area contributed by atoms with E-state index in [2.05, 4.69) is 45.7 Å². The van der Waals surface area contributed by atoms with Gasteiger partial charge in [0.15, 0.2) is 0 Å². The van der Waals surface area contributed by atoms with E-state index in [9.17, 15) is 4.39 Å². The second kappa shape index (κ2) is 6.35. The van der Waals surface area contributed by atoms with Crippen LogP contribution in [0, 0.1) is 5.82 Å². The van der Waals surface area contributed by atoms with Gasteiger partial charge in [-0.2, -0.15) is 0 Å². The Kier molecular flexibility index (Phi) is 4.77. The number of hydrogen-bond acceptors (Lipinski definition) is 1. The summed E-state index contributed by atoms with van der Waals surface area (Å²) in [5, 5.41) is 3.39. The summed E-state index contributed by atoms with van der Waals surface area (Å²) in [6, 6.07) is 9.41. The SMILES string of the molecule is CCNC(C)c1cccn1Cc1cc(F)cc(Br)c1. The minimum atomic E-state index is -0.210. The maximum absolute atomic E-state index is 13.4. The Morgan fingerprint density at radius 2 is 2.16 bits per heavy atom. The minimum Gasteiger partial charge on any atom is -0.346 e. The van der Waals surface area contributed by atoms with E-state index in [0.717, 1.165) is 16.6 Å². The second-order valence-electron chi connectivity index (χ2n) is 4.62. The predicted octanol–water partition coefficient (Wildman–Crippen LogP) is 4.11. The molecule has 1 heterocycles. The number of nitrogens with zero attached hydrogens (tertiary/aromatic N) is 1. The average Bonchev–Trinajstić information content (AvgIpc) is 2.76. The fraction of sp³-hybridized carbons (Fsp3) is 0.333. The second-order valence-corrected chi connectivity index (χ2v) is 5.53. The van der Waals surface area contributed by atoms with E-state index in [-0.39, 0.29) is 11.9 Å². The van der Waals surface area contributed by atoms with Crippen LogP contribution in [0.4, 0.5) is 4.39 Å². The first kappa shape index (κ1) is 14.3. The Bertz CT molecular complexity index is 531. The molecule has 19 heavy (non-hydrogen) atoms. The van der Waals surface area contributed by atoms with Gasteiger partial charge in [-0.25, -0.2) is 4.39 Å². The molecule has 102 valence electrons. The molecule has 2 nitrogen and oxygen atoms in total. The van der Waals surface area contributed by atoms with Gasteiger partial charge in [-0.1, -0.05) is 22.9 Å². The average molecular weight is 325 g/mol. The normalized spacial score (nSPS) is 12.6. The molecule has 0 aliphatic rings. The van der Waals surface area contributed by atoms with Crippen LogP contribution in [0.15, 0.2) is 41.0 Å². The first-order valence-corrected chi connectivity index (χ1v) is 7.23. The zero-order chi connectivity index (χ0) is 13.8. The highest BCUT2D eigenvalue weighted by molar-refractivity contribution is 9.10. The van der Waals surface area contributed by atoms with E-state index in [1.54, 1.807) is 6.07 Å². The summed E-state index contributed by atoms with van der Waals surface area (Å²) >= 11 is 3.33. The monoisotopic (exact) mass is 324 g/mol. The lowest BCUT2D eigenvalue weighted by Gasteiger charge is -2.16. The van der Waals surface area contributed by atoms with Crippen molar-refractivity contribution < 1.29 is 4.39 Å². The molecule has 1 atom stereocenters. The van der Waals surface area contributed by atoms with Gasteiger partial charge in [-0.15, -0.1) is 0 Å². The summed E-state index contributed by atoms with van der Waals surface area (Å²) in [6.45, 7) is 5.83. The summed E-state index contributed by atoms with van der Waals surface area (Å²) in [7, 11) is 0. The number of rotatable bonds is 5. The van der Waals surface area contributed by atoms with Gasteiger partial charge in [0.1, 0.15) is 5.82 Å². The van der Waals surface area contributed by atoms with Crippen LogP contribution in [0.2, 0.25) is 0 Å². The van der Waals surface area contributed by atoms with Crippen molar-refractivity contribution in [3.05, 3.63) is 58.1 Å². The Morgan fingerprint density at radius 3 is 2.84 bits per heavy atom. The summed E-state index contributed by atoms with van der Waals surface area (Å²) in [4.78, 5) is 0. The highest BCUT2D eigenvalue weighted by atomic mass is 79.9. The van der Waals surface area contributed by atoms with E-state index in [4.69, 9.17) is 0 Å². The molecule has 0 radical (unpaired) electrons. The molecule has 0 bridgehead atoms. The largest absolute Gasteiger partial charge is 0.346 e. The van der Waals surface area contributed by atoms with E-state index in [0.29, 0.717) is 6.54 Å². The molecule has 1 aromatic carbocycles. The molecule has 0 saturated carbocycles. The van der Waals surface area contributed by atoms with Gasteiger partial charge in [0.05, 0.1) is 0 Å². The fourth-order valence-corrected chi connectivity index (χ4v) is 2.79. The van der Waals surface area contributed by atoms with E-state index < -0.39 is 0 Å². The van der Waals surface area contributed by atoms with Crippen molar-refractivity contribution in [2.75, 3.05) is 6.54 Å². The topological polar surface area (TPSA) is 17.0 Å². The molecular formula is C15H18BrFN2. The van der Waals surface area contributed by atoms with Crippen molar-refractivity contribution in [2.24, 2.45) is 0 Å². The fourth-order valence-electron chi connectivity index (χ4n) is 2.27. The first-order valence-electron chi connectivity index (χ1n) is 6.43. The number of hydrogen-bond donors (Lipinski definition) is 1. The first-order chi connectivity index (χ1) is 9.10. The molecule has 2 rings (SSSR count). The maximum Gasteiger partial charge on any atom is 0.124 e. The van der Waals surface area contributed by atoms with Crippen LogP contribution in [0.1, 0.15) is 31.1 Å². The van der Waals surface area contributed by atoms with E-state index >= 15 is 0 Å². The molecule has 2 aromatic rings. The number of nitrogens with one attached hydrogen (secondary N) is 1. The molecule has 0 spiro atoms. The lowest BCUT2D eigenvalue weighted by molar-refractivity contribution is 0.552. The van der Waals surface area contributed by atoms with Crippen LogP contribution >= 0.6 is 15.9 Å². The van der Waals surface area contributed by atoms with Crippen molar-refractivity contribution >= 4 is 15.9 Å². The van der Waals surface area contributed by atoms with Gasteiger partial charge in [-0.05, 0) is 49.4 Å². The minimum absolute atomic E-state index is 0.210. The molecule has 4 heteroatoms. The van der Waals surface area contributed by atoms with Gasteiger partial charge in [0.25, 0.3) is 0 Å². The third-order valence-corrected chi connectivity index (χ3v) is 3.55. The lowest BCUT2D eigenvalue weighted by atomic mass is 10.2. The van der Waals surface area contributed by atoms with Crippen molar-refractivity contribution in [3.63, 3.8) is 0 Å². The van der Waals surface area contributed by atoms with Crippen LogP contribution < -0.4 is 5.32 Å². The van der Waals surface area contributed by atoms with E-state index in [1.165, 1.54) is 11.8 Å². The zero-order valence-electron chi connectivity index (χ0n) is 11.2. The number of aromatic nitrogens is 1. The van der Waals surface area contributed by atoms with Crippen LogP contribution in [0.25, 0.3) is 0 Å². The molecule has 1 aromatic heterocycles. The van der Waals surface area contributed by atoms with Crippen molar-refractivity contribution in [2.45, 2.75) is 26.4 Å². The number of benzene rings is 1. The summed E-state index contributed by atoms with van der Waals surface area (Å²) < 4.78 is 16.3. The Balaban J connectivity index is 2.21. The third-order valence-electron chi connectivity index (χ3n) is 3.09. The van der Waals surface area contributed by atoms with Crippen molar-refractivity contribution in [1.29, 1.82) is 0 Å². The number of halogens is 2. The van der Waals surface area contributed by atoms with Crippen LogP contribution in [-0.4, -0.2) is 11.1 Å². The predicted molar refractivity (Wildman–Crippen MR) is 79.7 cm³/mol. The molecule has 0 saturated heterocycles. The molecule has 1 unspecified atom stereocenters. The van der Waals surface area contributed by atoms with Gasteiger partial charge in [0.2, 0.25) is 0 Å². The standard InChI is InChI=1S/C15H18BrFN2/c1-3-18-11(2)15-5-4-6-19(15)10-12-7-13(16)9-14(17)8-12/h4-9,11,18H,3,10H2,1-2H3. The molecule has 0 amide bonds. The summed E-state index contributed by atoms with van der Waals surface area (Å²) in [5.41, 5.74) is 2.16. The van der Waals surface area contributed by atoms with Crippen molar-refractivity contribution in [3.8, 4) is 0 Å². The van der Waals surface area contributed by atoms with Gasteiger partial charge >= 0.3 is 0 Å². The van der Waals surface area contributed by atoms with Crippen molar-refractivity contribution in [1.82, 2.24) is 9.88 Å². The molecular weight excluding hydrogens is 307 g/mol. The molecule has 0 fully saturated rings. The molecule has 0 aliphatic heterocycles. The Morgan fingerprint density at radius 1 is 1.37 bits per heavy atom. The van der Waals surface area contributed by atoms with Crippen LogP contribution in [-0.2, 0) is 6.54 Å². The quantitative estimate of drug-likeness (QED) is 0.875. The Labute approximate surface area is 121 Å². The highest BCUT2D eigenvalue weighted by Gasteiger charge is 2.09. The molecule has 0 aliphatic carbocycles. The van der Waals surface area contributed by atoms with Crippen LogP contribution in [0.3, 0.4) is 0 Å². The summed E-state index contributed by atoms with van der Waals surface area (Å²) in [5.74, 6) is -0.210. The summed E-state index contributed by atoms with van der Waals surface area (Å²) in [6.07, 6.45) is 2.03.